The fraction of sp³-hybridized carbons (Fsp3) is 0.167. The third-order valence-electron chi connectivity index (χ3n) is 4.55. The molecule has 0 spiro atoms. The highest BCUT2D eigenvalue weighted by Crippen LogP contribution is 2.22. The topological polar surface area (TPSA) is 67.4 Å². The minimum Gasteiger partial charge on any atom is -0.484 e. The minimum atomic E-state index is -0.249. The molecule has 2 amide bonds. The van der Waals surface area contributed by atoms with Crippen LogP contribution in [0.2, 0.25) is 5.02 Å². The Morgan fingerprint density at radius 3 is 2.50 bits per heavy atom. The van der Waals surface area contributed by atoms with E-state index in [1.165, 1.54) is 0 Å². The zero-order chi connectivity index (χ0) is 21.5. The van der Waals surface area contributed by atoms with Gasteiger partial charge in [0.15, 0.2) is 6.61 Å². The fourth-order valence-corrected chi connectivity index (χ4v) is 3.19. The van der Waals surface area contributed by atoms with Crippen LogP contribution in [-0.4, -0.2) is 18.4 Å². The van der Waals surface area contributed by atoms with E-state index < -0.39 is 0 Å². The van der Waals surface area contributed by atoms with Gasteiger partial charge in [0.05, 0.1) is 6.04 Å². The van der Waals surface area contributed by atoms with Crippen LogP contribution in [0.4, 0.5) is 5.69 Å². The molecule has 0 saturated heterocycles. The molecule has 0 saturated carbocycles. The molecule has 0 aliphatic heterocycles. The predicted octanol–water partition coefficient (Wildman–Crippen LogP) is 5.16. The summed E-state index contributed by atoms with van der Waals surface area (Å²) in [6, 6.07) is 21.4. The summed E-state index contributed by atoms with van der Waals surface area (Å²) in [5, 5.41) is 6.41. The first kappa shape index (κ1) is 21.4. The van der Waals surface area contributed by atoms with Crippen molar-refractivity contribution in [2.45, 2.75) is 19.9 Å². The Balaban J connectivity index is 1.57. The summed E-state index contributed by atoms with van der Waals surface area (Å²) >= 11 is 5.93. The molecule has 1 atom stereocenters. The molecule has 0 bridgehead atoms. The Morgan fingerprint density at radius 1 is 1.00 bits per heavy atom. The van der Waals surface area contributed by atoms with Crippen molar-refractivity contribution in [3.8, 4) is 5.75 Å². The Morgan fingerprint density at radius 2 is 1.77 bits per heavy atom. The largest absolute Gasteiger partial charge is 0.484 e. The van der Waals surface area contributed by atoms with Gasteiger partial charge in [0, 0.05) is 16.3 Å². The fourth-order valence-electron chi connectivity index (χ4n) is 2.96. The Bertz CT molecular complexity index is 1040. The molecule has 3 aromatic rings. The first-order valence-electron chi connectivity index (χ1n) is 9.57. The SMILES string of the molecule is Cc1cc(Cl)ccc1OCC(=O)NC(C)c1cccc(NC(=O)c2ccccc2)c1. The van der Waals surface area contributed by atoms with Crippen molar-refractivity contribution in [3.63, 3.8) is 0 Å². The number of halogens is 1. The molecule has 5 nitrogen and oxygen atoms in total. The molecule has 0 heterocycles. The molecule has 2 N–H and O–H groups in total. The Kier molecular flexibility index (Phi) is 7.09. The van der Waals surface area contributed by atoms with Crippen LogP contribution in [0.25, 0.3) is 0 Å². The molecule has 0 aliphatic rings. The van der Waals surface area contributed by atoms with Crippen LogP contribution in [0.15, 0.2) is 72.8 Å². The average Bonchev–Trinajstić information content (AvgIpc) is 2.74. The molecule has 154 valence electrons. The quantitative estimate of drug-likeness (QED) is 0.552. The summed E-state index contributed by atoms with van der Waals surface area (Å²) in [4.78, 5) is 24.6. The highest BCUT2D eigenvalue weighted by atomic mass is 35.5. The normalized spacial score (nSPS) is 11.4. The summed E-state index contributed by atoms with van der Waals surface area (Å²) in [6.07, 6.45) is 0. The Hall–Kier alpha value is -3.31. The number of amides is 2. The van der Waals surface area contributed by atoms with Crippen molar-refractivity contribution in [1.82, 2.24) is 5.32 Å². The first-order chi connectivity index (χ1) is 14.4. The second-order valence-corrected chi connectivity index (χ2v) is 7.37. The number of nitrogens with one attached hydrogen (secondary N) is 2. The monoisotopic (exact) mass is 422 g/mol. The summed E-state index contributed by atoms with van der Waals surface area (Å²) in [7, 11) is 0. The molecule has 0 aliphatic carbocycles. The second kappa shape index (κ2) is 9.94. The van der Waals surface area contributed by atoms with E-state index in [1.54, 1.807) is 30.3 Å². The van der Waals surface area contributed by atoms with Crippen LogP contribution in [0.3, 0.4) is 0 Å². The van der Waals surface area contributed by atoms with Gasteiger partial charge in [-0.15, -0.1) is 0 Å². The molecule has 30 heavy (non-hydrogen) atoms. The number of benzene rings is 3. The number of hydrogen-bond acceptors (Lipinski definition) is 3. The maximum Gasteiger partial charge on any atom is 0.258 e. The van der Waals surface area contributed by atoms with Crippen LogP contribution in [0, 0.1) is 6.92 Å². The van der Waals surface area contributed by atoms with Crippen molar-refractivity contribution in [2.75, 3.05) is 11.9 Å². The van der Waals surface area contributed by atoms with E-state index >= 15 is 0 Å². The van der Waals surface area contributed by atoms with Crippen LogP contribution >= 0.6 is 11.6 Å². The zero-order valence-electron chi connectivity index (χ0n) is 16.8. The van der Waals surface area contributed by atoms with Crippen molar-refractivity contribution in [1.29, 1.82) is 0 Å². The number of carbonyl (C=O) groups excluding carboxylic acids is 2. The lowest BCUT2D eigenvalue weighted by molar-refractivity contribution is -0.123. The van der Waals surface area contributed by atoms with E-state index in [0.29, 0.717) is 22.0 Å². The summed E-state index contributed by atoms with van der Waals surface area (Å²) in [6.45, 7) is 3.65. The number of hydrogen-bond donors (Lipinski definition) is 2. The van der Waals surface area contributed by atoms with Gasteiger partial charge in [-0.25, -0.2) is 0 Å². The second-order valence-electron chi connectivity index (χ2n) is 6.93. The van der Waals surface area contributed by atoms with Crippen LogP contribution in [0.5, 0.6) is 5.75 Å². The molecule has 0 fully saturated rings. The molecule has 1 unspecified atom stereocenters. The summed E-state index contributed by atoms with van der Waals surface area (Å²) in [5.74, 6) is 0.194. The highest BCUT2D eigenvalue weighted by molar-refractivity contribution is 6.30. The van der Waals surface area contributed by atoms with E-state index in [1.807, 2.05) is 56.3 Å². The van der Waals surface area contributed by atoms with Gasteiger partial charge < -0.3 is 15.4 Å². The van der Waals surface area contributed by atoms with Crippen LogP contribution in [0.1, 0.15) is 34.5 Å². The highest BCUT2D eigenvalue weighted by Gasteiger charge is 2.12. The van der Waals surface area contributed by atoms with Crippen molar-refractivity contribution >= 4 is 29.1 Å². The van der Waals surface area contributed by atoms with Gasteiger partial charge in [0.2, 0.25) is 0 Å². The third-order valence-corrected chi connectivity index (χ3v) is 4.79. The van der Waals surface area contributed by atoms with Gasteiger partial charge in [-0.1, -0.05) is 41.9 Å². The standard InChI is InChI=1S/C24H23ClN2O3/c1-16-13-20(25)11-12-22(16)30-15-23(28)26-17(2)19-9-6-10-21(14-19)27-24(29)18-7-4-3-5-8-18/h3-14,17H,15H2,1-2H3,(H,26,28)(H,27,29). The smallest absolute Gasteiger partial charge is 0.258 e. The maximum atomic E-state index is 12.3. The van der Waals surface area contributed by atoms with E-state index in [2.05, 4.69) is 10.6 Å². The van der Waals surface area contributed by atoms with Gasteiger partial charge >= 0.3 is 0 Å². The van der Waals surface area contributed by atoms with Gasteiger partial charge in [-0.2, -0.15) is 0 Å². The van der Waals surface area contributed by atoms with Gasteiger partial charge in [-0.3, -0.25) is 9.59 Å². The molecule has 0 radical (unpaired) electrons. The maximum absolute atomic E-state index is 12.3. The van der Waals surface area contributed by atoms with E-state index in [0.717, 1.165) is 11.1 Å². The van der Waals surface area contributed by atoms with Crippen molar-refractivity contribution in [3.05, 3.63) is 94.5 Å². The Labute approximate surface area is 181 Å². The molecular formula is C24H23ClN2O3. The van der Waals surface area contributed by atoms with Gasteiger partial charge in [-0.05, 0) is 67.4 Å². The van der Waals surface area contributed by atoms with Crippen molar-refractivity contribution in [2.24, 2.45) is 0 Å². The number of anilines is 1. The molecular weight excluding hydrogens is 400 g/mol. The lowest BCUT2D eigenvalue weighted by Crippen LogP contribution is -2.31. The first-order valence-corrected chi connectivity index (χ1v) is 9.95. The molecule has 0 aromatic heterocycles. The zero-order valence-corrected chi connectivity index (χ0v) is 17.6. The number of rotatable bonds is 7. The average molecular weight is 423 g/mol. The number of carbonyl (C=O) groups is 2. The number of ether oxygens (including phenoxy) is 1. The number of aryl methyl sites for hydroxylation is 1. The van der Waals surface area contributed by atoms with E-state index in [9.17, 15) is 9.59 Å². The molecule has 3 aromatic carbocycles. The van der Waals surface area contributed by atoms with E-state index in [-0.39, 0.29) is 24.5 Å². The third kappa shape index (κ3) is 5.84. The molecule has 3 rings (SSSR count). The predicted molar refractivity (Wildman–Crippen MR) is 119 cm³/mol. The van der Waals surface area contributed by atoms with Crippen LogP contribution < -0.4 is 15.4 Å². The van der Waals surface area contributed by atoms with Gasteiger partial charge in [0.1, 0.15) is 5.75 Å². The minimum absolute atomic E-state index is 0.1000. The van der Waals surface area contributed by atoms with Gasteiger partial charge in [0.25, 0.3) is 11.8 Å². The lowest BCUT2D eigenvalue weighted by Gasteiger charge is -2.16. The molecule has 6 heteroatoms. The summed E-state index contributed by atoms with van der Waals surface area (Å²) in [5.41, 5.74) is 2.98. The van der Waals surface area contributed by atoms with Crippen molar-refractivity contribution < 1.29 is 14.3 Å². The lowest BCUT2D eigenvalue weighted by atomic mass is 10.1. The van der Waals surface area contributed by atoms with Crippen LogP contribution in [-0.2, 0) is 4.79 Å². The summed E-state index contributed by atoms with van der Waals surface area (Å²) < 4.78 is 5.59. The van der Waals surface area contributed by atoms with E-state index in [4.69, 9.17) is 16.3 Å².